The highest BCUT2D eigenvalue weighted by Crippen LogP contribution is 2.25. The summed E-state index contributed by atoms with van der Waals surface area (Å²) in [5, 5.41) is 0. The number of ether oxygens (including phenoxy) is 1. The van der Waals surface area contributed by atoms with Gasteiger partial charge >= 0.3 is 0 Å². The zero-order chi connectivity index (χ0) is 13.9. The summed E-state index contributed by atoms with van der Waals surface area (Å²) in [6.07, 6.45) is 0. The van der Waals surface area contributed by atoms with Gasteiger partial charge in [0.25, 0.3) is 0 Å². The molecule has 0 saturated heterocycles. The maximum atomic E-state index is 5.78. The quantitative estimate of drug-likeness (QED) is 0.926. The number of methoxy groups -OCH3 is 1. The van der Waals surface area contributed by atoms with E-state index in [4.69, 9.17) is 10.5 Å². The molecule has 3 rings (SSSR count). The summed E-state index contributed by atoms with van der Waals surface area (Å²) in [7, 11) is 1.69. The van der Waals surface area contributed by atoms with E-state index in [-0.39, 0.29) is 0 Å². The first-order chi connectivity index (χ1) is 9.80. The van der Waals surface area contributed by atoms with Crippen LogP contribution in [0, 0.1) is 0 Å². The Labute approximate surface area is 120 Å². The highest BCUT2D eigenvalue weighted by Gasteiger charge is 2.18. The van der Waals surface area contributed by atoms with Crippen molar-refractivity contribution in [3.63, 3.8) is 0 Å². The number of rotatable bonds is 4. The van der Waals surface area contributed by atoms with Crippen LogP contribution >= 0.6 is 0 Å². The molecule has 0 bridgehead atoms. The lowest BCUT2D eigenvalue weighted by molar-refractivity contribution is 0.275. The maximum absolute atomic E-state index is 5.78. The van der Waals surface area contributed by atoms with Crippen molar-refractivity contribution < 1.29 is 4.74 Å². The van der Waals surface area contributed by atoms with Crippen molar-refractivity contribution in [2.75, 3.05) is 7.11 Å². The van der Waals surface area contributed by atoms with Crippen LogP contribution in [0.5, 0.6) is 5.75 Å². The Bertz CT molecular complexity index is 585. The van der Waals surface area contributed by atoms with Gasteiger partial charge in [-0.15, -0.1) is 0 Å². The van der Waals surface area contributed by atoms with Crippen molar-refractivity contribution >= 4 is 0 Å². The lowest BCUT2D eigenvalue weighted by Gasteiger charge is -2.16. The minimum Gasteiger partial charge on any atom is -0.496 e. The first-order valence-electron chi connectivity index (χ1n) is 6.95. The molecule has 1 heterocycles. The van der Waals surface area contributed by atoms with Crippen LogP contribution in [0.15, 0.2) is 42.5 Å². The molecule has 1 aliphatic heterocycles. The van der Waals surface area contributed by atoms with E-state index in [1.54, 1.807) is 7.11 Å². The fourth-order valence-corrected chi connectivity index (χ4v) is 2.86. The highest BCUT2D eigenvalue weighted by molar-refractivity contribution is 5.37. The summed E-state index contributed by atoms with van der Waals surface area (Å²) in [5.41, 5.74) is 11.0. The second kappa shape index (κ2) is 5.65. The molecule has 20 heavy (non-hydrogen) atoms. The fourth-order valence-electron chi connectivity index (χ4n) is 2.86. The topological polar surface area (TPSA) is 38.5 Å². The third-order valence-electron chi connectivity index (χ3n) is 3.88. The van der Waals surface area contributed by atoms with Crippen molar-refractivity contribution in [3.8, 4) is 5.75 Å². The molecule has 104 valence electrons. The predicted molar refractivity (Wildman–Crippen MR) is 80.3 cm³/mol. The van der Waals surface area contributed by atoms with E-state index in [1.807, 2.05) is 6.07 Å². The summed E-state index contributed by atoms with van der Waals surface area (Å²) in [6, 6.07) is 15.0. The van der Waals surface area contributed by atoms with Crippen LogP contribution in [0.4, 0.5) is 0 Å². The molecule has 0 aliphatic carbocycles. The van der Waals surface area contributed by atoms with Gasteiger partial charge < -0.3 is 10.5 Å². The Balaban J connectivity index is 1.74. The summed E-state index contributed by atoms with van der Waals surface area (Å²) < 4.78 is 5.32. The van der Waals surface area contributed by atoms with Crippen LogP contribution in [0.2, 0.25) is 0 Å². The lowest BCUT2D eigenvalue weighted by Crippen LogP contribution is -2.16. The van der Waals surface area contributed by atoms with Crippen LogP contribution in [0.25, 0.3) is 0 Å². The predicted octanol–water partition coefficient (Wildman–Crippen LogP) is 2.67. The molecule has 3 heteroatoms. The number of nitrogens with two attached hydrogens (primary N) is 1. The standard InChI is InChI=1S/C17H20N2O/c1-20-17-7-6-13(8-16(17)9-18)10-19-11-14-4-2-3-5-15(14)12-19/h2-8H,9-12,18H2,1H3. The van der Waals surface area contributed by atoms with Gasteiger partial charge in [0, 0.05) is 31.7 Å². The van der Waals surface area contributed by atoms with Crippen LogP contribution in [-0.4, -0.2) is 12.0 Å². The van der Waals surface area contributed by atoms with Crippen molar-refractivity contribution in [1.82, 2.24) is 4.90 Å². The van der Waals surface area contributed by atoms with Gasteiger partial charge in [0.2, 0.25) is 0 Å². The summed E-state index contributed by atoms with van der Waals surface area (Å²) >= 11 is 0. The van der Waals surface area contributed by atoms with E-state index in [1.165, 1.54) is 16.7 Å². The molecule has 0 fully saturated rings. The van der Waals surface area contributed by atoms with Crippen molar-refractivity contribution in [2.24, 2.45) is 5.73 Å². The monoisotopic (exact) mass is 268 g/mol. The minimum absolute atomic E-state index is 0.511. The summed E-state index contributed by atoms with van der Waals surface area (Å²) in [6.45, 7) is 3.52. The average Bonchev–Trinajstić information content (AvgIpc) is 2.89. The molecule has 0 radical (unpaired) electrons. The Morgan fingerprint density at radius 3 is 2.40 bits per heavy atom. The third kappa shape index (κ3) is 2.55. The van der Waals surface area contributed by atoms with Crippen LogP contribution in [-0.2, 0) is 26.2 Å². The molecule has 0 spiro atoms. The van der Waals surface area contributed by atoms with Crippen LogP contribution in [0.1, 0.15) is 22.3 Å². The molecule has 0 amide bonds. The second-order valence-corrected chi connectivity index (χ2v) is 5.26. The van der Waals surface area contributed by atoms with Gasteiger partial charge in [-0.2, -0.15) is 0 Å². The fraction of sp³-hybridized carbons (Fsp3) is 0.294. The van der Waals surface area contributed by atoms with Gasteiger partial charge in [-0.1, -0.05) is 30.3 Å². The number of nitrogens with zero attached hydrogens (tertiary/aromatic N) is 1. The zero-order valence-corrected chi connectivity index (χ0v) is 11.8. The number of hydrogen-bond donors (Lipinski definition) is 1. The molecule has 0 atom stereocenters. The smallest absolute Gasteiger partial charge is 0.123 e. The van der Waals surface area contributed by atoms with Crippen molar-refractivity contribution in [1.29, 1.82) is 0 Å². The Morgan fingerprint density at radius 2 is 1.80 bits per heavy atom. The maximum Gasteiger partial charge on any atom is 0.123 e. The summed E-state index contributed by atoms with van der Waals surface area (Å²) in [5.74, 6) is 0.876. The molecule has 0 aromatic heterocycles. The Kier molecular flexibility index (Phi) is 3.72. The SMILES string of the molecule is COc1ccc(CN2Cc3ccccc3C2)cc1CN. The molecular weight excluding hydrogens is 248 g/mol. The van der Waals surface area contributed by atoms with E-state index in [9.17, 15) is 0 Å². The van der Waals surface area contributed by atoms with Gasteiger partial charge in [-0.3, -0.25) is 4.90 Å². The third-order valence-corrected chi connectivity index (χ3v) is 3.88. The Hall–Kier alpha value is -1.84. The molecule has 0 unspecified atom stereocenters. The van der Waals surface area contributed by atoms with Gasteiger partial charge in [-0.25, -0.2) is 0 Å². The molecule has 1 aliphatic rings. The lowest BCUT2D eigenvalue weighted by atomic mass is 10.1. The average molecular weight is 268 g/mol. The molecule has 2 aromatic rings. The van der Waals surface area contributed by atoms with Crippen molar-refractivity contribution in [2.45, 2.75) is 26.2 Å². The first kappa shape index (κ1) is 13.2. The summed E-state index contributed by atoms with van der Waals surface area (Å²) in [4.78, 5) is 2.45. The normalized spacial score (nSPS) is 14.3. The van der Waals surface area contributed by atoms with E-state index in [0.29, 0.717) is 6.54 Å². The molecule has 2 N–H and O–H groups in total. The van der Waals surface area contributed by atoms with E-state index in [0.717, 1.165) is 30.9 Å². The number of hydrogen-bond acceptors (Lipinski definition) is 3. The first-order valence-corrected chi connectivity index (χ1v) is 6.95. The van der Waals surface area contributed by atoms with Crippen LogP contribution < -0.4 is 10.5 Å². The molecule has 3 nitrogen and oxygen atoms in total. The number of fused-ring (bicyclic) bond motifs is 1. The van der Waals surface area contributed by atoms with Gasteiger partial charge in [0.1, 0.15) is 5.75 Å². The number of benzene rings is 2. The van der Waals surface area contributed by atoms with Gasteiger partial charge in [0.15, 0.2) is 0 Å². The molecular formula is C17H20N2O. The van der Waals surface area contributed by atoms with E-state index < -0.39 is 0 Å². The minimum atomic E-state index is 0.511. The van der Waals surface area contributed by atoms with E-state index >= 15 is 0 Å². The zero-order valence-electron chi connectivity index (χ0n) is 11.8. The van der Waals surface area contributed by atoms with Crippen molar-refractivity contribution in [3.05, 3.63) is 64.7 Å². The second-order valence-electron chi connectivity index (χ2n) is 5.26. The highest BCUT2D eigenvalue weighted by atomic mass is 16.5. The van der Waals surface area contributed by atoms with E-state index in [2.05, 4.69) is 41.3 Å². The van der Waals surface area contributed by atoms with Crippen LogP contribution in [0.3, 0.4) is 0 Å². The molecule has 2 aromatic carbocycles. The Morgan fingerprint density at radius 1 is 1.10 bits per heavy atom. The largest absolute Gasteiger partial charge is 0.496 e. The molecule has 0 saturated carbocycles. The van der Waals surface area contributed by atoms with Gasteiger partial charge in [-0.05, 0) is 28.8 Å². The van der Waals surface area contributed by atoms with Gasteiger partial charge in [0.05, 0.1) is 7.11 Å².